The van der Waals surface area contributed by atoms with Crippen molar-refractivity contribution in [2.45, 2.75) is 46.0 Å². The maximum Gasteiger partial charge on any atom is 0.149 e. The summed E-state index contributed by atoms with van der Waals surface area (Å²) in [6, 6.07) is 0. The molecule has 14 heavy (non-hydrogen) atoms. The van der Waals surface area contributed by atoms with Crippen molar-refractivity contribution in [3.63, 3.8) is 0 Å². The van der Waals surface area contributed by atoms with Crippen LogP contribution in [0.4, 0.5) is 0 Å². The highest BCUT2D eigenvalue weighted by atomic mass is 16.1. The molecule has 0 aliphatic heterocycles. The lowest BCUT2D eigenvalue weighted by molar-refractivity contribution is -0.125. The summed E-state index contributed by atoms with van der Waals surface area (Å²) in [5, 5.41) is 0. The van der Waals surface area contributed by atoms with Gasteiger partial charge in [0.15, 0.2) is 0 Å². The van der Waals surface area contributed by atoms with Gasteiger partial charge in [-0.15, -0.1) is 0 Å². The van der Waals surface area contributed by atoms with E-state index in [1.165, 1.54) is 25.7 Å². The van der Waals surface area contributed by atoms with Gasteiger partial charge in [-0.3, -0.25) is 4.79 Å². The molecule has 0 bridgehead atoms. The van der Waals surface area contributed by atoms with Crippen LogP contribution in [0, 0.1) is 17.8 Å². The van der Waals surface area contributed by atoms with Gasteiger partial charge in [-0.25, -0.2) is 0 Å². The molecule has 2 heteroatoms. The molecule has 0 aromatic rings. The Kier molecular flexibility index (Phi) is 4.59. The first-order valence-electron chi connectivity index (χ1n) is 5.93. The molecule has 1 saturated carbocycles. The third-order valence-corrected chi connectivity index (χ3v) is 3.81. The molecule has 0 saturated heterocycles. The lowest BCUT2D eigenvalue weighted by Gasteiger charge is -2.34. The van der Waals surface area contributed by atoms with E-state index >= 15 is 0 Å². The minimum Gasteiger partial charge on any atom is -0.324 e. The molecule has 1 fully saturated rings. The molecule has 0 aromatic carbocycles. The summed E-state index contributed by atoms with van der Waals surface area (Å²) in [4.78, 5) is 11.7. The van der Waals surface area contributed by atoms with Crippen molar-refractivity contribution in [1.29, 1.82) is 0 Å². The fourth-order valence-electron chi connectivity index (χ4n) is 2.69. The van der Waals surface area contributed by atoms with E-state index in [1.807, 2.05) is 0 Å². The zero-order valence-corrected chi connectivity index (χ0v) is 9.46. The number of nitrogens with two attached hydrogens (primary N) is 1. The maximum absolute atomic E-state index is 11.7. The van der Waals surface area contributed by atoms with Crippen molar-refractivity contribution in [1.82, 2.24) is 0 Å². The van der Waals surface area contributed by atoms with Crippen molar-refractivity contribution < 1.29 is 4.79 Å². The molecule has 1 aliphatic carbocycles. The van der Waals surface area contributed by atoms with Crippen molar-refractivity contribution in [3.05, 3.63) is 0 Å². The molecule has 3 atom stereocenters. The zero-order valence-electron chi connectivity index (χ0n) is 9.46. The predicted octanol–water partition coefficient (Wildman–Crippen LogP) is 2.37. The van der Waals surface area contributed by atoms with E-state index in [0.29, 0.717) is 11.8 Å². The largest absolute Gasteiger partial charge is 0.324 e. The van der Waals surface area contributed by atoms with Crippen LogP contribution >= 0.6 is 0 Å². The van der Waals surface area contributed by atoms with Gasteiger partial charge in [0.1, 0.15) is 5.78 Å². The Morgan fingerprint density at radius 3 is 2.64 bits per heavy atom. The lowest BCUT2D eigenvalue weighted by Crippen LogP contribution is -2.34. The number of hydrogen-bond donors (Lipinski definition) is 1. The molecule has 0 amide bonds. The summed E-state index contributed by atoms with van der Waals surface area (Å²) in [7, 11) is 0. The highest BCUT2D eigenvalue weighted by Gasteiger charge is 2.32. The van der Waals surface area contributed by atoms with Crippen LogP contribution in [0.25, 0.3) is 0 Å². The third-order valence-electron chi connectivity index (χ3n) is 3.81. The molecule has 0 spiro atoms. The molecule has 0 radical (unpaired) electrons. The molecule has 0 heterocycles. The molecule has 0 aromatic heterocycles. The van der Waals surface area contributed by atoms with Crippen LogP contribution in [0.15, 0.2) is 0 Å². The predicted molar refractivity (Wildman–Crippen MR) is 59.0 cm³/mol. The Bertz CT molecular complexity index is 191. The van der Waals surface area contributed by atoms with Crippen LogP contribution in [0.1, 0.15) is 46.0 Å². The molecular weight excluding hydrogens is 174 g/mol. The number of carbonyl (C=O) groups is 1. The Hall–Kier alpha value is -0.370. The van der Waals surface area contributed by atoms with Crippen LogP contribution in [-0.2, 0) is 4.79 Å². The fourth-order valence-corrected chi connectivity index (χ4v) is 2.69. The minimum absolute atomic E-state index is 0.234. The maximum atomic E-state index is 11.7. The number of ketones is 1. The van der Waals surface area contributed by atoms with Gasteiger partial charge in [0.25, 0.3) is 0 Å². The van der Waals surface area contributed by atoms with E-state index in [2.05, 4.69) is 13.8 Å². The van der Waals surface area contributed by atoms with Gasteiger partial charge in [-0.2, -0.15) is 0 Å². The number of hydrogen-bond acceptors (Lipinski definition) is 2. The first kappa shape index (κ1) is 11.7. The Morgan fingerprint density at radius 1 is 1.43 bits per heavy atom. The van der Waals surface area contributed by atoms with E-state index < -0.39 is 0 Å². The van der Waals surface area contributed by atoms with Gasteiger partial charge in [0, 0.05) is 5.92 Å². The molecule has 2 nitrogen and oxygen atoms in total. The highest BCUT2D eigenvalue weighted by Crippen LogP contribution is 2.36. The van der Waals surface area contributed by atoms with Gasteiger partial charge in [-0.05, 0) is 24.7 Å². The topological polar surface area (TPSA) is 43.1 Å². The summed E-state index contributed by atoms with van der Waals surface area (Å²) in [5.41, 5.74) is 5.46. The zero-order chi connectivity index (χ0) is 10.6. The molecular formula is C12H23NO. The van der Waals surface area contributed by atoms with Crippen molar-refractivity contribution in [3.8, 4) is 0 Å². The van der Waals surface area contributed by atoms with E-state index in [0.717, 1.165) is 6.42 Å². The monoisotopic (exact) mass is 197 g/mol. The lowest BCUT2D eigenvalue weighted by atomic mass is 9.70. The van der Waals surface area contributed by atoms with Crippen molar-refractivity contribution >= 4 is 5.78 Å². The summed E-state index contributed by atoms with van der Waals surface area (Å²) >= 11 is 0. The minimum atomic E-state index is 0.234. The van der Waals surface area contributed by atoms with Crippen LogP contribution < -0.4 is 5.73 Å². The second-order valence-corrected chi connectivity index (χ2v) is 4.61. The summed E-state index contributed by atoms with van der Waals surface area (Å²) < 4.78 is 0. The van der Waals surface area contributed by atoms with Gasteiger partial charge in [-0.1, -0.05) is 33.1 Å². The van der Waals surface area contributed by atoms with E-state index in [1.54, 1.807) is 0 Å². The van der Waals surface area contributed by atoms with E-state index in [-0.39, 0.29) is 18.2 Å². The van der Waals surface area contributed by atoms with Crippen molar-refractivity contribution in [2.24, 2.45) is 23.5 Å². The highest BCUT2D eigenvalue weighted by molar-refractivity contribution is 5.83. The standard InChI is InChI=1S/C12H23NO/c1-3-9(2)10-6-4-5-7-11(10)12(14)8-13/h9-11H,3-8,13H2,1-2H3/t9-,10-,11?/m0/s1. The first-order chi connectivity index (χ1) is 6.70. The quantitative estimate of drug-likeness (QED) is 0.752. The Labute approximate surface area is 87.2 Å². The molecule has 1 rings (SSSR count). The summed E-state index contributed by atoms with van der Waals surface area (Å²) in [6.07, 6.45) is 5.99. The van der Waals surface area contributed by atoms with Gasteiger partial charge < -0.3 is 5.73 Å². The van der Waals surface area contributed by atoms with E-state index in [9.17, 15) is 4.79 Å². The van der Waals surface area contributed by atoms with Crippen LogP contribution in [-0.4, -0.2) is 12.3 Å². The fraction of sp³-hybridized carbons (Fsp3) is 0.917. The smallest absolute Gasteiger partial charge is 0.149 e. The average Bonchev–Trinajstić information content (AvgIpc) is 2.27. The van der Waals surface area contributed by atoms with Crippen LogP contribution in [0.2, 0.25) is 0 Å². The van der Waals surface area contributed by atoms with Gasteiger partial charge >= 0.3 is 0 Å². The molecule has 2 N–H and O–H groups in total. The van der Waals surface area contributed by atoms with Crippen LogP contribution in [0.3, 0.4) is 0 Å². The normalized spacial score (nSPS) is 29.9. The Balaban J connectivity index is 2.63. The third kappa shape index (κ3) is 2.57. The van der Waals surface area contributed by atoms with Crippen LogP contribution in [0.5, 0.6) is 0 Å². The average molecular weight is 197 g/mol. The SMILES string of the molecule is CC[C@H](C)[C@@H]1CCCCC1C(=O)CN. The number of carbonyl (C=O) groups excluding carboxylic acids is 1. The second kappa shape index (κ2) is 5.50. The second-order valence-electron chi connectivity index (χ2n) is 4.61. The number of rotatable bonds is 4. The van der Waals surface area contributed by atoms with E-state index in [4.69, 9.17) is 5.73 Å². The molecule has 1 unspecified atom stereocenters. The molecule has 82 valence electrons. The summed E-state index contributed by atoms with van der Waals surface area (Å²) in [6.45, 7) is 4.72. The number of Topliss-reactive ketones (excluding diaryl/α,β-unsaturated/α-hetero) is 1. The van der Waals surface area contributed by atoms with Gasteiger partial charge in [0.05, 0.1) is 6.54 Å². The Morgan fingerprint density at radius 2 is 2.07 bits per heavy atom. The summed E-state index contributed by atoms with van der Waals surface area (Å²) in [5.74, 6) is 1.83. The molecule has 1 aliphatic rings. The van der Waals surface area contributed by atoms with Gasteiger partial charge in [0.2, 0.25) is 0 Å². The first-order valence-corrected chi connectivity index (χ1v) is 5.93. The van der Waals surface area contributed by atoms with Crippen molar-refractivity contribution in [2.75, 3.05) is 6.54 Å².